The van der Waals surface area contributed by atoms with E-state index in [-0.39, 0.29) is 18.0 Å². The zero-order chi connectivity index (χ0) is 13.0. The first-order chi connectivity index (χ1) is 8.72. The molecule has 0 aliphatic carbocycles. The van der Waals surface area contributed by atoms with Gasteiger partial charge in [-0.1, -0.05) is 24.3 Å². The minimum atomic E-state index is -0.507. The number of hydrogen-bond donors (Lipinski definition) is 2. The van der Waals surface area contributed by atoms with E-state index in [0.29, 0.717) is 12.2 Å². The van der Waals surface area contributed by atoms with Crippen molar-refractivity contribution in [2.75, 3.05) is 12.3 Å². The van der Waals surface area contributed by atoms with Crippen LogP contribution in [0.3, 0.4) is 0 Å². The lowest BCUT2D eigenvalue weighted by atomic mass is 10.1. The molecule has 0 saturated heterocycles. The molecule has 0 spiro atoms. The monoisotopic (exact) mass is 247 g/mol. The van der Waals surface area contributed by atoms with Gasteiger partial charge in [-0.15, -0.1) is 0 Å². The quantitative estimate of drug-likeness (QED) is 0.817. The third kappa shape index (κ3) is 2.60. The number of aliphatic hydroxyl groups excluding tert-OH is 1. The number of nitrogen functional groups attached to an aromatic ring is 1. The number of benzene rings is 2. The van der Waals surface area contributed by atoms with E-state index in [9.17, 15) is 4.39 Å². The number of nitrogens with two attached hydrogens (primary N) is 1. The standard InChI is InChI=1S/C14H14FNO2/c15-11-5-3-7-13(14(11)16)18-12-6-2-1-4-10(12)8-9-17/h1-7,17H,8-9,16H2. The van der Waals surface area contributed by atoms with E-state index in [0.717, 1.165) is 5.56 Å². The molecule has 0 amide bonds. The first kappa shape index (κ1) is 12.4. The summed E-state index contributed by atoms with van der Waals surface area (Å²) in [5, 5.41) is 8.97. The number of rotatable bonds is 4. The minimum Gasteiger partial charge on any atom is -0.455 e. The van der Waals surface area contributed by atoms with Crippen LogP contribution in [0.25, 0.3) is 0 Å². The molecule has 3 nitrogen and oxygen atoms in total. The fourth-order valence-corrected chi connectivity index (χ4v) is 1.66. The zero-order valence-electron chi connectivity index (χ0n) is 9.77. The lowest BCUT2D eigenvalue weighted by Gasteiger charge is -2.12. The van der Waals surface area contributed by atoms with Crippen molar-refractivity contribution in [2.24, 2.45) is 0 Å². The Morgan fingerprint density at radius 1 is 1.06 bits per heavy atom. The Labute approximate surface area is 105 Å². The van der Waals surface area contributed by atoms with Crippen LogP contribution in [-0.2, 0) is 6.42 Å². The summed E-state index contributed by atoms with van der Waals surface area (Å²) in [5.74, 6) is 0.344. The molecule has 2 rings (SSSR count). The first-order valence-electron chi connectivity index (χ1n) is 5.63. The number of para-hydroxylation sites is 2. The summed E-state index contributed by atoms with van der Waals surface area (Å²) in [7, 11) is 0. The Balaban J connectivity index is 2.31. The lowest BCUT2D eigenvalue weighted by molar-refractivity contribution is 0.298. The number of anilines is 1. The van der Waals surface area contributed by atoms with Gasteiger partial charge < -0.3 is 15.6 Å². The largest absolute Gasteiger partial charge is 0.455 e. The predicted molar refractivity (Wildman–Crippen MR) is 68.1 cm³/mol. The van der Waals surface area contributed by atoms with Crippen LogP contribution in [0.15, 0.2) is 42.5 Å². The highest BCUT2D eigenvalue weighted by atomic mass is 19.1. The van der Waals surface area contributed by atoms with Gasteiger partial charge in [-0.2, -0.15) is 0 Å². The average molecular weight is 247 g/mol. The third-order valence-corrected chi connectivity index (χ3v) is 2.59. The average Bonchev–Trinajstić information content (AvgIpc) is 2.37. The molecule has 4 heteroatoms. The summed E-state index contributed by atoms with van der Waals surface area (Å²) in [4.78, 5) is 0. The number of ether oxygens (including phenoxy) is 1. The Morgan fingerprint density at radius 2 is 1.78 bits per heavy atom. The predicted octanol–water partition coefficient (Wildman–Crippen LogP) is 2.74. The second-order valence-electron chi connectivity index (χ2n) is 3.84. The van der Waals surface area contributed by atoms with Crippen molar-refractivity contribution < 1.29 is 14.2 Å². The van der Waals surface area contributed by atoms with Gasteiger partial charge >= 0.3 is 0 Å². The summed E-state index contributed by atoms with van der Waals surface area (Å²) >= 11 is 0. The summed E-state index contributed by atoms with van der Waals surface area (Å²) < 4.78 is 18.9. The molecule has 2 aromatic rings. The van der Waals surface area contributed by atoms with E-state index in [1.54, 1.807) is 12.1 Å². The van der Waals surface area contributed by atoms with Crippen molar-refractivity contribution in [3.63, 3.8) is 0 Å². The first-order valence-corrected chi connectivity index (χ1v) is 5.63. The van der Waals surface area contributed by atoms with Crippen LogP contribution in [0.5, 0.6) is 11.5 Å². The maximum absolute atomic E-state index is 13.3. The van der Waals surface area contributed by atoms with E-state index in [4.69, 9.17) is 15.6 Å². The number of hydrogen-bond acceptors (Lipinski definition) is 3. The van der Waals surface area contributed by atoms with Crippen molar-refractivity contribution in [3.05, 3.63) is 53.8 Å². The fraction of sp³-hybridized carbons (Fsp3) is 0.143. The third-order valence-electron chi connectivity index (χ3n) is 2.59. The molecule has 94 valence electrons. The van der Waals surface area contributed by atoms with Crippen molar-refractivity contribution in [1.29, 1.82) is 0 Å². The molecule has 2 aromatic carbocycles. The van der Waals surface area contributed by atoms with Gasteiger partial charge in [-0.25, -0.2) is 4.39 Å². The van der Waals surface area contributed by atoms with Gasteiger partial charge in [0.1, 0.15) is 17.3 Å². The molecule has 18 heavy (non-hydrogen) atoms. The van der Waals surface area contributed by atoms with Crippen LogP contribution >= 0.6 is 0 Å². The highest BCUT2D eigenvalue weighted by Crippen LogP contribution is 2.31. The Hall–Kier alpha value is -2.07. The molecular formula is C14H14FNO2. The number of aliphatic hydroxyl groups is 1. The molecule has 0 aliphatic heterocycles. The summed E-state index contributed by atoms with van der Waals surface area (Å²) in [6.07, 6.45) is 0.478. The van der Waals surface area contributed by atoms with Gasteiger partial charge in [-0.3, -0.25) is 0 Å². The Bertz CT molecular complexity index is 543. The molecule has 0 heterocycles. The smallest absolute Gasteiger partial charge is 0.153 e. The minimum absolute atomic E-state index is 0.0173. The van der Waals surface area contributed by atoms with Gasteiger partial charge in [0.15, 0.2) is 5.75 Å². The van der Waals surface area contributed by atoms with Gasteiger partial charge in [0, 0.05) is 6.61 Å². The molecule has 0 fully saturated rings. The maximum atomic E-state index is 13.3. The molecule has 0 unspecified atom stereocenters. The van der Waals surface area contributed by atoms with Crippen LogP contribution < -0.4 is 10.5 Å². The molecule has 0 atom stereocenters. The zero-order valence-corrected chi connectivity index (χ0v) is 9.77. The molecule has 0 aromatic heterocycles. The van der Waals surface area contributed by atoms with Crippen LogP contribution in [0.2, 0.25) is 0 Å². The molecular weight excluding hydrogens is 233 g/mol. The second-order valence-corrected chi connectivity index (χ2v) is 3.84. The molecule has 0 aliphatic rings. The Morgan fingerprint density at radius 3 is 2.56 bits per heavy atom. The maximum Gasteiger partial charge on any atom is 0.153 e. The van der Waals surface area contributed by atoms with Gasteiger partial charge in [-0.05, 0) is 30.2 Å². The molecule has 0 radical (unpaired) electrons. The van der Waals surface area contributed by atoms with E-state index < -0.39 is 5.82 Å². The Kier molecular flexibility index (Phi) is 3.79. The summed E-state index contributed by atoms with van der Waals surface area (Å²) in [5.41, 5.74) is 6.44. The van der Waals surface area contributed by atoms with Crippen LogP contribution in [-0.4, -0.2) is 11.7 Å². The van der Waals surface area contributed by atoms with Crippen LogP contribution in [0.4, 0.5) is 10.1 Å². The van der Waals surface area contributed by atoms with Gasteiger partial charge in [0.2, 0.25) is 0 Å². The summed E-state index contributed by atoms with van der Waals surface area (Å²) in [6, 6.07) is 11.7. The van der Waals surface area contributed by atoms with E-state index in [1.807, 2.05) is 18.2 Å². The van der Waals surface area contributed by atoms with E-state index >= 15 is 0 Å². The number of halogens is 1. The highest BCUT2D eigenvalue weighted by Gasteiger charge is 2.09. The van der Waals surface area contributed by atoms with E-state index in [2.05, 4.69) is 0 Å². The van der Waals surface area contributed by atoms with Crippen molar-refractivity contribution >= 4 is 5.69 Å². The molecule has 0 saturated carbocycles. The molecule has 3 N–H and O–H groups in total. The van der Waals surface area contributed by atoms with Crippen LogP contribution in [0.1, 0.15) is 5.56 Å². The highest BCUT2D eigenvalue weighted by molar-refractivity contribution is 5.55. The topological polar surface area (TPSA) is 55.5 Å². The fourth-order valence-electron chi connectivity index (χ4n) is 1.66. The molecule has 0 bridgehead atoms. The van der Waals surface area contributed by atoms with Crippen molar-refractivity contribution in [1.82, 2.24) is 0 Å². The second kappa shape index (κ2) is 5.51. The SMILES string of the molecule is Nc1c(F)cccc1Oc1ccccc1CCO. The summed E-state index contributed by atoms with van der Waals surface area (Å²) in [6.45, 7) is 0.0268. The lowest BCUT2D eigenvalue weighted by Crippen LogP contribution is -1.98. The van der Waals surface area contributed by atoms with Crippen LogP contribution in [0, 0.1) is 5.82 Å². The van der Waals surface area contributed by atoms with Gasteiger partial charge in [0.25, 0.3) is 0 Å². The normalized spacial score (nSPS) is 10.3. The van der Waals surface area contributed by atoms with Gasteiger partial charge in [0.05, 0.1) is 0 Å². The van der Waals surface area contributed by atoms with Crippen molar-refractivity contribution in [3.8, 4) is 11.5 Å². The van der Waals surface area contributed by atoms with Crippen molar-refractivity contribution in [2.45, 2.75) is 6.42 Å². The van der Waals surface area contributed by atoms with E-state index in [1.165, 1.54) is 12.1 Å².